The van der Waals surface area contributed by atoms with Crippen molar-refractivity contribution in [2.75, 3.05) is 7.05 Å². The molecule has 0 spiro atoms. The van der Waals surface area contributed by atoms with Crippen molar-refractivity contribution in [3.05, 3.63) is 18.0 Å². The van der Waals surface area contributed by atoms with E-state index in [1.807, 2.05) is 6.92 Å². The van der Waals surface area contributed by atoms with Crippen molar-refractivity contribution in [1.82, 2.24) is 15.1 Å². The molecule has 0 fully saturated rings. The van der Waals surface area contributed by atoms with Crippen LogP contribution in [0.5, 0.6) is 0 Å². The predicted octanol–water partition coefficient (Wildman–Crippen LogP) is 0.379. The monoisotopic (exact) mass is 139 g/mol. The zero-order valence-electron chi connectivity index (χ0n) is 5.96. The molecule has 0 radical (unpaired) electrons. The van der Waals surface area contributed by atoms with Gasteiger partial charge in [-0.3, -0.25) is 0 Å². The summed E-state index contributed by atoms with van der Waals surface area (Å²) in [5.74, 6) is 0. The largest absolute Gasteiger partial charge is 0.341 e. The Labute approximate surface area is 58.8 Å². The Morgan fingerprint density at radius 3 is 2.90 bits per heavy atom. The molecule has 0 atom stereocenters. The molecule has 1 amide bonds. The van der Waals surface area contributed by atoms with Gasteiger partial charge in [-0.1, -0.05) is 0 Å². The molecule has 1 aromatic heterocycles. The van der Waals surface area contributed by atoms with Crippen molar-refractivity contribution in [3.8, 4) is 0 Å². The van der Waals surface area contributed by atoms with Crippen molar-refractivity contribution in [1.29, 1.82) is 0 Å². The SMILES string of the molecule is CNC(=O)n1cc(C)cn1. The van der Waals surface area contributed by atoms with E-state index >= 15 is 0 Å². The van der Waals surface area contributed by atoms with Crippen molar-refractivity contribution in [3.63, 3.8) is 0 Å². The third kappa shape index (κ3) is 1.15. The Kier molecular flexibility index (Phi) is 1.71. The van der Waals surface area contributed by atoms with E-state index in [9.17, 15) is 4.79 Å². The number of nitrogens with zero attached hydrogens (tertiary/aromatic N) is 2. The van der Waals surface area contributed by atoms with E-state index in [0.717, 1.165) is 5.56 Å². The highest BCUT2D eigenvalue weighted by atomic mass is 16.2. The molecule has 0 aliphatic rings. The standard InChI is InChI=1S/C6H9N3O/c1-5-3-8-9(4-5)6(10)7-2/h3-4H,1-2H3,(H,7,10). The summed E-state index contributed by atoms with van der Waals surface area (Å²) in [5, 5.41) is 6.25. The molecule has 0 aliphatic carbocycles. The van der Waals surface area contributed by atoms with Crippen LogP contribution in [0.3, 0.4) is 0 Å². The number of carbonyl (C=O) groups excluding carboxylic acids is 1. The minimum Gasteiger partial charge on any atom is -0.339 e. The van der Waals surface area contributed by atoms with Gasteiger partial charge in [-0.25, -0.2) is 4.79 Å². The zero-order chi connectivity index (χ0) is 7.56. The normalized spacial score (nSPS) is 9.40. The summed E-state index contributed by atoms with van der Waals surface area (Å²) in [4.78, 5) is 10.8. The first-order valence-corrected chi connectivity index (χ1v) is 2.97. The van der Waals surface area contributed by atoms with Gasteiger partial charge in [0.2, 0.25) is 0 Å². The maximum atomic E-state index is 10.8. The van der Waals surface area contributed by atoms with Gasteiger partial charge in [0.15, 0.2) is 0 Å². The molecule has 1 N–H and O–H groups in total. The lowest BCUT2D eigenvalue weighted by molar-refractivity contribution is 0.241. The van der Waals surface area contributed by atoms with E-state index in [4.69, 9.17) is 0 Å². The fraction of sp³-hybridized carbons (Fsp3) is 0.333. The number of nitrogens with one attached hydrogen (secondary N) is 1. The second-order valence-electron chi connectivity index (χ2n) is 2.02. The first-order chi connectivity index (χ1) is 4.74. The lowest BCUT2D eigenvalue weighted by Crippen LogP contribution is -2.24. The van der Waals surface area contributed by atoms with Crippen LogP contribution in [-0.2, 0) is 0 Å². The summed E-state index contributed by atoms with van der Waals surface area (Å²) in [6.45, 7) is 1.88. The molecule has 1 rings (SSSR count). The molecule has 54 valence electrons. The number of amides is 1. The van der Waals surface area contributed by atoms with Crippen LogP contribution in [0.25, 0.3) is 0 Å². The fourth-order valence-corrected chi connectivity index (χ4v) is 0.638. The number of aryl methyl sites for hydroxylation is 1. The fourth-order valence-electron chi connectivity index (χ4n) is 0.638. The van der Waals surface area contributed by atoms with Crippen molar-refractivity contribution < 1.29 is 4.79 Å². The summed E-state index contributed by atoms with van der Waals surface area (Å²) in [6.07, 6.45) is 3.30. The van der Waals surface area contributed by atoms with Crippen molar-refractivity contribution in [2.45, 2.75) is 6.92 Å². The molecule has 0 unspecified atom stereocenters. The summed E-state index contributed by atoms with van der Waals surface area (Å²) in [7, 11) is 1.57. The number of aromatic nitrogens is 2. The lowest BCUT2D eigenvalue weighted by Gasteiger charge is -1.95. The van der Waals surface area contributed by atoms with Gasteiger partial charge < -0.3 is 5.32 Å². The number of rotatable bonds is 0. The van der Waals surface area contributed by atoms with Crippen molar-refractivity contribution in [2.24, 2.45) is 0 Å². The van der Waals surface area contributed by atoms with Crippen LogP contribution in [0.15, 0.2) is 12.4 Å². The molecule has 4 nitrogen and oxygen atoms in total. The van der Waals surface area contributed by atoms with Crippen LogP contribution in [-0.4, -0.2) is 22.9 Å². The quantitative estimate of drug-likeness (QED) is 0.564. The van der Waals surface area contributed by atoms with Gasteiger partial charge in [0.1, 0.15) is 0 Å². The Morgan fingerprint density at radius 1 is 1.80 bits per heavy atom. The Balaban J connectivity index is 2.85. The third-order valence-electron chi connectivity index (χ3n) is 1.13. The summed E-state index contributed by atoms with van der Waals surface area (Å²) in [5.41, 5.74) is 0.976. The molecule has 1 aromatic rings. The smallest absolute Gasteiger partial charge is 0.339 e. The Morgan fingerprint density at radius 2 is 2.50 bits per heavy atom. The molecule has 10 heavy (non-hydrogen) atoms. The van der Waals surface area contributed by atoms with Gasteiger partial charge in [0, 0.05) is 13.2 Å². The maximum absolute atomic E-state index is 10.8. The predicted molar refractivity (Wildman–Crippen MR) is 36.8 cm³/mol. The van der Waals surface area contributed by atoms with Gasteiger partial charge in [-0.05, 0) is 12.5 Å². The first kappa shape index (κ1) is 6.80. The van der Waals surface area contributed by atoms with E-state index < -0.39 is 0 Å². The van der Waals surface area contributed by atoms with E-state index in [1.165, 1.54) is 4.68 Å². The minimum absolute atomic E-state index is 0.215. The molecule has 0 bridgehead atoms. The number of hydrogen-bond acceptors (Lipinski definition) is 2. The van der Waals surface area contributed by atoms with Crippen LogP contribution in [0, 0.1) is 6.92 Å². The lowest BCUT2D eigenvalue weighted by atomic mass is 10.4. The molecule has 4 heteroatoms. The minimum atomic E-state index is -0.215. The summed E-state index contributed by atoms with van der Waals surface area (Å²) >= 11 is 0. The van der Waals surface area contributed by atoms with E-state index in [0.29, 0.717) is 0 Å². The first-order valence-electron chi connectivity index (χ1n) is 2.97. The highest BCUT2D eigenvalue weighted by Gasteiger charge is 1.99. The topological polar surface area (TPSA) is 46.9 Å². The molecule has 0 aromatic carbocycles. The molecular weight excluding hydrogens is 130 g/mol. The van der Waals surface area contributed by atoms with Gasteiger partial charge in [-0.15, -0.1) is 0 Å². The third-order valence-corrected chi connectivity index (χ3v) is 1.13. The average molecular weight is 139 g/mol. The van der Waals surface area contributed by atoms with Crippen LogP contribution in [0.4, 0.5) is 4.79 Å². The average Bonchev–Trinajstić information content (AvgIpc) is 2.34. The van der Waals surface area contributed by atoms with Gasteiger partial charge in [0.25, 0.3) is 0 Å². The molecular formula is C6H9N3O. The van der Waals surface area contributed by atoms with Crippen LogP contribution < -0.4 is 5.32 Å². The van der Waals surface area contributed by atoms with Crippen LogP contribution in [0.2, 0.25) is 0 Å². The Hall–Kier alpha value is -1.32. The van der Waals surface area contributed by atoms with E-state index in [-0.39, 0.29) is 6.03 Å². The van der Waals surface area contributed by atoms with E-state index in [1.54, 1.807) is 19.4 Å². The second kappa shape index (κ2) is 2.51. The second-order valence-corrected chi connectivity index (χ2v) is 2.02. The molecule has 0 saturated heterocycles. The van der Waals surface area contributed by atoms with Gasteiger partial charge in [0.05, 0.1) is 6.20 Å². The maximum Gasteiger partial charge on any atom is 0.341 e. The number of carbonyl (C=O) groups is 1. The van der Waals surface area contributed by atoms with Crippen molar-refractivity contribution >= 4 is 6.03 Å². The van der Waals surface area contributed by atoms with E-state index in [2.05, 4.69) is 10.4 Å². The Bertz CT molecular complexity index is 241. The number of hydrogen-bond donors (Lipinski definition) is 1. The molecule has 0 aliphatic heterocycles. The summed E-state index contributed by atoms with van der Waals surface area (Å²) in [6, 6.07) is -0.215. The van der Waals surface area contributed by atoms with Crippen LogP contribution >= 0.6 is 0 Å². The highest BCUT2D eigenvalue weighted by Crippen LogP contribution is 1.92. The van der Waals surface area contributed by atoms with Gasteiger partial charge in [-0.2, -0.15) is 9.78 Å². The molecule has 0 saturated carbocycles. The summed E-state index contributed by atoms with van der Waals surface area (Å²) < 4.78 is 1.26. The van der Waals surface area contributed by atoms with Crippen LogP contribution in [0.1, 0.15) is 5.56 Å². The zero-order valence-corrected chi connectivity index (χ0v) is 5.96. The molecule has 1 heterocycles. The van der Waals surface area contributed by atoms with Gasteiger partial charge >= 0.3 is 6.03 Å². The highest BCUT2D eigenvalue weighted by molar-refractivity contribution is 5.75.